The SMILES string of the molecule is CCCCCCCCCCCCN1C(=O)C2(OCCCO2)c2cccc(C)c21. The van der Waals surface area contributed by atoms with Gasteiger partial charge in [0.25, 0.3) is 11.7 Å². The van der Waals surface area contributed by atoms with Gasteiger partial charge in [-0.1, -0.05) is 82.9 Å². The van der Waals surface area contributed by atoms with Crippen LogP contribution in [0.5, 0.6) is 0 Å². The molecule has 0 bridgehead atoms. The summed E-state index contributed by atoms with van der Waals surface area (Å²) in [5, 5.41) is 0. The standard InChI is InChI=1S/C24H37NO3/c1-3-4-5-6-7-8-9-10-11-12-17-25-22-20(2)15-13-16-21(22)24(23(25)26)27-18-14-19-28-24/h13,15-16H,3-12,14,17-19H2,1-2H3. The van der Waals surface area contributed by atoms with E-state index in [1.54, 1.807) is 0 Å². The zero-order valence-electron chi connectivity index (χ0n) is 17.8. The molecular formula is C24H37NO3. The van der Waals surface area contributed by atoms with Gasteiger partial charge in [0.2, 0.25) is 0 Å². The van der Waals surface area contributed by atoms with E-state index < -0.39 is 5.79 Å². The Kier molecular flexibility index (Phi) is 7.92. The number of hydrogen-bond donors (Lipinski definition) is 0. The van der Waals surface area contributed by atoms with Gasteiger partial charge in [0.1, 0.15) is 0 Å². The number of fused-ring (bicyclic) bond motifs is 2. The zero-order chi connectivity index (χ0) is 19.8. The first-order valence-corrected chi connectivity index (χ1v) is 11.4. The second-order valence-electron chi connectivity index (χ2n) is 8.28. The number of anilines is 1. The Balaban J connectivity index is 1.49. The van der Waals surface area contributed by atoms with E-state index in [0.717, 1.165) is 36.2 Å². The summed E-state index contributed by atoms with van der Waals surface area (Å²) in [5.74, 6) is -1.23. The van der Waals surface area contributed by atoms with Gasteiger partial charge in [0.05, 0.1) is 18.9 Å². The Morgan fingerprint density at radius 1 is 0.929 bits per heavy atom. The first-order chi connectivity index (χ1) is 13.7. The topological polar surface area (TPSA) is 38.8 Å². The van der Waals surface area contributed by atoms with Gasteiger partial charge in [0.15, 0.2) is 0 Å². The van der Waals surface area contributed by atoms with E-state index in [4.69, 9.17) is 9.47 Å². The molecule has 0 N–H and O–H groups in total. The molecule has 1 saturated heterocycles. The molecule has 4 nitrogen and oxygen atoms in total. The van der Waals surface area contributed by atoms with Gasteiger partial charge in [-0.05, 0) is 25.3 Å². The van der Waals surface area contributed by atoms with Gasteiger partial charge in [-0.15, -0.1) is 0 Å². The van der Waals surface area contributed by atoms with Crippen LogP contribution in [-0.4, -0.2) is 25.7 Å². The van der Waals surface area contributed by atoms with Gasteiger partial charge in [-0.3, -0.25) is 4.79 Å². The number of carbonyl (C=O) groups is 1. The number of aryl methyl sites for hydroxylation is 1. The first kappa shape index (κ1) is 21.3. The minimum atomic E-state index is -1.20. The molecule has 2 aliphatic heterocycles. The molecule has 28 heavy (non-hydrogen) atoms. The predicted octanol–water partition coefficient (Wildman–Crippen LogP) is 5.85. The Bertz CT molecular complexity index is 637. The number of amides is 1. The summed E-state index contributed by atoms with van der Waals surface area (Å²) in [6, 6.07) is 6.05. The number of nitrogens with zero attached hydrogens (tertiary/aromatic N) is 1. The molecule has 1 aromatic rings. The summed E-state index contributed by atoms with van der Waals surface area (Å²) in [5.41, 5.74) is 3.02. The molecule has 1 fully saturated rings. The molecule has 0 aliphatic carbocycles. The van der Waals surface area contributed by atoms with Crippen molar-refractivity contribution in [1.29, 1.82) is 0 Å². The van der Waals surface area contributed by atoms with Crippen LogP contribution in [-0.2, 0) is 20.1 Å². The lowest BCUT2D eigenvalue weighted by Gasteiger charge is -2.32. The second-order valence-corrected chi connectivity index (χ2v) is 8.28. The van der Waals surface area contributed by atoms with Crippen LogP contribution in [0.4, 0.5) is 5.69 Å². The smallest absolute Gasteiger partial charge is 0.292 e. The molecule has 0 atom stereocenters. The van der Waals surface area contributed by atoms with Gasteiger partial charge in [-0.25, -0.2) is 0 Å². The fourth-order valence-corrected chi connectivity index (χ4v) is 4.46. The highest BCUT2D eigenvalue weighted by Gasteiger charge is 2.55. The van der Waals surface area contributed by atoms with Crippen molar-refractivity contribution in [1.82, 2.24) is 0 Å². The quantitative estimate of drug-likeness (QED) is 0.447. The number of ether oxygens (including phenoxy) is 2. The Hall–Kier alpha value is -1.39. The van der Waals surface area contributed by atoms with Gasteiger partial charge in [-0.2, -0.15) is 0 Å². The van der Waals surface area contributed by atoms with Crippen LogP contribution in [0.3, 0.4) is 0 Å². The monoisotopic (exact) mass is 387 g/mol. The van der Waals surface area contributed by atoms with Crippen molar-refractivity contribution in [3.63, 3.8) is 0 Å². The Morgan fingerprint density at radius 2 is 1.54 bits per heavy atom. The lowest BCUT2D eigenvalue weighted by molar-refractivity contribution is -0.256. The summed E-state index contributed by atoms with van der Waals surface area (Å²) >= 11 is 0. The van der Waals surface area contributed by atoms with Crippen LogP contribution in [0, 0.1) is 6.92 Å². The lowest BCUT2D eigenvalue weighted by Crippen LogP contribution is -2.47. The van der Waals surface area contributed by atoms with Gasteiger partial charge in [0, 0.05) is 12.1 Å². The molecule has 1 aromatic carbocycles. The Labute approximate surface area is 170 Å². The summed E-state index contributed by atoms with van der Waals surface area (Å²) in [6.45, 7) is 6.23. The molecule has 0 aromatic heterocycles. The molecular weight excluding hydrogens is 350 g/mol. The molecule has 0 radical (unpaired) electrons. The summed E-state index contributed by atoms with van der Waals surface area (Å²) in [4.78, 5) is 15.2. The van der Waals surface area contributed by atoms with E-state index in [0.29, 0.717) is 13.2 Å². The van der Waals surface area contributed by atoms with Crippen molar-refractivity contribution < 1.29 is 14.3 Å². The fourth-order valence-electron chi connectivity index (χ4n) is 4.46. The second kappa shape index (κ2) is 10.4. The van der Waals surface area contributed by atoms with E-state index in [2.05, 4.69) is 19.9 Å². The molecule has 0 unspecified atom stereocenters. The van der Waals surface area contributed by atoms with Gasteiger partial charge >= 0.3 is 0 Å². The fraction of sp³-hybridized carbons (Fsp3) is 0.708. The number of hydrogen-bond acceptors (Lipinski definition) is 3. The van der Waals surface area contributed by atoms with Crippen LogP contribution in [0.1, 0.15) is 88.7 Å². The highest BCUT2D eigenvalue weighted by Crippen LogP contribution is 2.46. The van der Waals surface area contributed by atoms with E-state index in [1.807, 2.05) is 17.0 Å². The maximum atomic E-state index is 13.3. The summed E-state index contributed by atoms with van der Waals surface area (Å²) in [6.07, 6.45) is 13.8. The maximum absolute atomic E-state index is 13.3. The van der Waals surface area contributed by atoms with Crippen molar-refractivity contribution in [3.05, 3.63) is 29.3 Å². The first-order valence-electron chi connectivity index (χ1n) is 11.4. The van der Waals surface area contributed by atoms with Crippen molar-refractivity contribution in [3.8, 4) is 0 Å². The molecule has 2 heterocycles. The van der Waals surface area contributed by atoms with Crippen molar-refractivity contribution in [2.75, 3.05) is 24.7 Å². The maximum Gasteiger partial charge on any atom is 0.292 e. The third-order valence-electron chi connectivity index (χ3n) is 6.02. The number of para-hydroxylation sites is 1. The van der Waals surface area contributed by atoms with E-state index in [1.165, 1.54) is 57.8 Å². The van der Waals surface area contributed by atoms with Gasteiger partial charge < -0.3 is 14.4 Å². The van der Waals surface area contributed by atoms with Crippen molar-refractivity contribution in [2.45, 2.75) is 90.3 Å². The van der Waals surface area contributed by atoms with E-state index in [9.17, 15) is 4.79 Å². The van der Waals surface area contributed by atoms with Crippen LogP contribution < -0.4 is 4.90 Å². The molecule has 1 amide bonds. The third kappa shape index (κ3) is 4.60. The largest absolute Gasteiger partial charge is 0.338 e. The molecule has 4 heteroatoms. The predicted molar refractivity (Wildman–Crippen MR) is 114 cm³/mol. The van der Waals surface area contributed by atoms with Crippen LogP contribution in [0.25, 0.3) is 0 Å². The van der Waals surface area contributed by atoms with Crippen LogP contribution in [0.2, 0.25) is 0 Å². The van der Waals surface area contributed by atoms with Crippen molar-refractivity contribution in [2.24, 2.45) is 0 Å². The average molecular weight is 388 g/mol. The Morgan fingerprint density at radius 3 is 2.18 bits per heavy atom. The molecule has 1 spiro atoms. The number of benzene rings is 1. The van der Waals surface area contributed by atoms with Crippen molar-refractivity contribution >= 4 is 11.6 Å². The van der Waals surface area contributed by atoms with Crippen LogP contribution in [0.15, 0.2) is 18.2 Å². The van der Waals surface area contributed by atoms with E-state index >= 15 is 0 Å². The minimum absolute atomic E-state index is 0.0348. The summed E-state index contributed by atoms with van der Waals surface area (Å²) < 4.78 is 11.9. The molecule has 2 aliphatic rings. The molecule has 0 saturated carbocycles. The zero-order valence-corrected chi connectivity index (χ0v) is 17.8. The lowest BCUT2D eigenvalue weighted by atomic mass is 10.0. The highest BCUT2D eigenvalue weighted by molar-refractivity contribution is 6.06. The average Bonchev–Trinajstić information content (AvgIpc) is 2.94. The number of unbranched alkanes of at least 4 members (excludes halogenated alkanes) is 9. The normalized spacial score (nSPS) is 18.1. The third-order valence-corrected chi connectivity index (χ3v) is 6.02. The summed E-state index contributed by atoms with van der Waals surface area (Å²) in [7, 11) is 0. The molecule has 3 rings (SSSR count). The highest BCUT2D eigenvalue weighted by atomic mass is 16.7. The van der Waals surface area contributed by atoms with Crippen LogP contribution >= 0.6 is 0 Å². The van der Waals surface area contributed by atoms with E-state index in [-0.39, 0.29) is 5.91 Å². The number of carbonyl (C=O) groups excluding carboxylic acids is 1. The minimum Gasteiger partial charge on any atom is -0.338 e. The number of rotatable bonds is 11. The molecule has 156 valence electrons.